The van der Waals surface area contributed by atoms with Gasteiger partial charge in [0.15, 0.2) is 0 Å². The lowest BCUT2D eigenvalue weighted by Crippen LogP contribution is -2.55. The first-order valence-electron chi connectivity index (χ1n) is 3.37. The van der Waals surface area contributed by atoms with Crippen molar-refractivity contribution in [3.63, 3.8) is 0 Å². The first-order chi connectivity index (χ1) is 5.65. The molecule has 2 N–H and O–H groups in total. The molecular weight excluding hydrogens is 184 g/mol. The summed E-state index contributed by atoms with van der Waals surface area (Å²) in [6.07, 6.45) is 0.243. The molecule has 1 heterocycles. The van der Waals surface area contributed by atoms with Crippen LogP contribution in [0.3, 0.4) is 0 Å². The summed E-state index contributed by atoms with van der Waals surface area (Å²) in [4.78, 5) is 32.4. The van der Waals surface area contributed by atoms with Crippen LogP contribution in [0.5, 0.6) is 0 Å². The average molecular weight is 191 g/mol. The highest BCUT2D eigenvalue weighted by Gasteiger charge is 2.33. The maximum atomic E-state index is 11.0. The van der Waals surface area contributed by atoms with Crippen molar-refractivity contribution in [2.75, 3.05) is 5.88 Å². The number of halogens is 1. The number of hydrogen-bond donors (Lipinski definition) is 2. The third-order valence-electron chi connectivity index (χ3n) is 1.50. The molecule has 1 rings (SSSR count). The van der Waals surface area contributed by atoms with Crippen molar-refractivity contribution in [1.82, 2.24) is 10.6 Å². The van der Waals surface area contributed by atoms with E-state index in [4.69, 9.17) is 11.6 Å². The molecule has 0 aromatic heterocycles. The zero-order chi connectivity index (χ0) is 9.14. The summed E-state index contributed by atoms with van der Waals surface area (Å²) in [6, 6.07) is -0.768. The number of nitrogens with one attached hydrogen (secondary N) is 2. The number of alkyl halides is 1. The van der Waals surface area contributed by atoms with Gasteiger partial charge in [0.1, 0.15) is 5.92 Å². The van der Waals surface area contributed by atoms with Crippen molar-refractivity contribution in [2.45, 2.75) is 6.42 Å². The Morgan fingerprint density at radius 3 is 2.08 bits per heavy atom. The van der Waals surface area contributed by atoms with Gasteiger partial charge in [-0.25, -0.2) is 4.79 Å². The summed E-state index contributed by atoms with van der Waals surface area (Å²) < 4.78 is 0. The summed E-state index contributed by atoms with van der Waals surface area (Å²) >= 11 is 5.36. The van der Waals surface area contributed by atoms with Crippen LogP contribution in [-0.2, 0) is 9.59 Å². The molecule has 1 aliphatic rings. The highest BCUT2D eigenvalue weighted by atomic mass is 35.5. The van der Waals surface area contributed by atoms with E-state index in [2.05, 4.69) is 0 Å². The van der Waals surface area contributed by atoms with E-state index < -0.39 is 23.8 Å². The monoisotopic (exact) mass is 190 g/mol. The van der Waals surface area contributed by atoms with Crippen molar-refractivity contribution in [3.05, 3.63) is 0 Å². The van der Waals surface area contributed by atoms with Gasteiger partial charge >= 0.3 is 6.03 Å². The van der Waals surface area contributed by atoms with Gasteiger partial charge in [0.05, 0.1) is 0 Å². The minimum Gasteiger partial charge on any atom is -0.277 e. The van der Waals surface area contributed by atoms with Crippen molar-refractivity contribution < 1.29 is 14.4 Å². The fourth-order valence-electron chi connectivity index (χ4n) is 0.920. The molecule has 0 spiro atoms. The van der Waals surface area contributed by atoms with E-state index in [0.717, 1.165) is 0 Å². The minimum atomic E-state index is -0.833. The van der Waals surface area contributed by atoms with Crippen LogP contribution in [0.15, 0.2) is 0 Å². The van der Waals surface area contributed by atoms with E-state index in [1.807, 2.05) is 10.6 Å². The van der Waals surface area contributed by atoms with E-state index in [-0.39, 0.29) is 12.3 Å². The maximum absolute atomic E-state index is 11.0. The Morgan fingerprint density at radius 1 is 1.17 bits per heavy atom. The van der Waals surface area contributed by atoms with Crippen LogP contribution in [-0.4, -0.2) is 23.7 Å². The molecule has 0 saturated carbocycles. The summed E-state index contributed by atoms with van der Waals surface area (Å²) in [6.45, 7) is 0. The standard InChI is InChI=1S/C6H7ClN2O3/c7-2-1-3-4(10)8-6(12)9-5(3)11/h3H,1-2H2,(H2,8,9,10,11,12). The zero-order valence-corrected chi connectivity index (χ0v) is 6.85. The highest BCUT2D eigenvalue weighted by Crippen LogP contribution is 2.07. The smallest absolute Gasteiger partial charge is 0.277 e. The van der Waals surface area contributed by atoms with E-state index >= 15 is 0 Å². The number of rotatable bonds is 2. The van der Waals surface area contributed by atoms with Crippen LogP contribution >= 0.6 is 11.6 Å². The third kappa shape index (κ3) is 1.73. The van der Waals surface area contributed by atoms with Crippen molar-refractivity contribution in [3.8, 4) is 0 Å². The third-order valence-corrected chi connectivity index (χ3v) is 1.72. The summed E-state index contributed by atoms with van der Waals surface area (Å²) in [7, 11) is 0. The lowest BCUT2D eigenvalue weighted by Gasteiger charge is -2.19. The Hall–Kier alpha value is -1.10. The van der Waals surface area contributed by atoms with Crippen LogP contribution in [0, 0.1) is 5.92 Å². The Kier molecular flexibility index (Phi) is 2.65. The van der Waals surface area contributed by atoms with Gasteiger partial charge in [0.2, 0.25) is 11.8 Å². The molecule has 0 aromatic rings. The predicted molar refractivity (Wildman–Crippen MR) is 40.5 cm³/mol. The van der Waals surface area contributed by atoms with Crippen molar-refractivity contribution in [2.24, 2.45) is 5.92 Å². The van der Waals surface area contributed by atoms with Crippen LogP contribution in [0.1, 0.15) is 6.42 Å². The Balaban J connectivity index is 2.67. The van der Waals surface area contributed by atoms with Crippen molar-refractivity contribution >= 4 is 29.4 Å². The van der Waals surface area contributed by atoms with Gasteiger partial charge in [0, 0.05) is 5.88 Å². The second-order valence-electron chi connectivity index (χ2n) is 2.34. The second-order valence-corrected chi connectivity index (χ2v) is 2.72. The molecule has 1 saturated heterocycles. The second kappa shape index (κ2) is 3.53. The highest BCUT2D eigenvalue weighted by molar-refractivity contribution is 6.19. The lowest BCUT2D eigenvalue weighted by atomic mass is 10.0. The topological polar surface area (TPSA) is 75.3 Å². The van der Waals surface area contributed by atoms with E-state index in [0.29, 0.717) is 0 Å². The van der Waals surface area contributed by atoms with Gasteiger partial charge in [-0.15, -0.1) is 11.6 Å². The van der Waals surface area contributed by atoms with Gasteiger partial charge in [-0.3, -0.25) is 20.2 Å². The summed E-state index contributed by atoms with van der Waals surface area (Å²) in [5.41, 5.74) is 0. The number of hydrogen-bond acceptors (Lipinski definition) is 3. The number of carbonyl (C=O) groups is 3. The molecule has 1 aliphatic heterocycles. The Bertz CT molecular complexity index is 221. The first-order valence-corrected chi connectivity index (χ1v) is 3.90. The van der Waals surface area contributed by atoms with Crippen LogP contribution in [0.2, 0.25) is 0 Å². The molecule has 0 aromatic carbocycles. The molecule has 1 fully saturated rings. The molecule has 0 bridgehead atoms. The number of carbonyl (C=O) groups excluding carboxylic acids is 3. The van der Waals surface area contributed by atoms with Gasteiger partial charge in [0.25, 0.3) is 0 Å². The molecule has 12 heavy (non-hydrogen) atoms. The predicted octanol–water partition coefficient (Wildman–Crippen LogP) is -0.403. The lowest BCUT2D eigenvalue weighted by molar-refractivity contribution is -0.135. The molecule has 66 valence electrons. The molecule has 0 unspecified atom stereocenters. The van der Waals surface area contributed by atoms with Crippen molar-refractivity contribution in [1.29, 1.82) is 0 Å². The fourth-order valence-corrected chi connectivity index (χ4v) is 1.14. The Labute approximate surface area is 73.4 Å². The van der Waals surface area contributed by atoms with Crippen LogP contribution in [0.25, 0.3) is 0 Å². The van der Waals surface area contributed by atoms with Gasteiger partial charge < -0.3 is 0 Å². The summed E-state index contributed by atoms with van der Waals surface area (Å²) in [5, 5.41) is 3.95. The summed E-state index contributed by atoms with van der Waals surface area (Å²) in [5.74, 6) is -1.78. The van der Waals surface area contributed by atoms with Crippen LogP contribution in [0.4, 0.5) is 4.79 Å². The molecule has 0 radical (unpaired) electrons. The van der Waals surface area contributed by atoms with Gasteiger partial charge in [-0.05, 0) is 6.42 Å². The quantitative estimate of drug-likeness (QED) is 0.460. The zero-order valence-electron chi connectivity index (χ0n) is 6.09. The van der Waals surface area contributed by atoms with E-state index in [9.17, 15) is 14.4 Å². The number of amides is 4. The number of urea groups is 1. The first kappa shape index (κ1) is 8.99. The maximum Gasteiger partial charge on any atom is 0.328 e. The number of imide groups is 2. The van der Waals surface area contributed by atoms with Gasteiger partial charge in [-0.1, -0.05) is 0 Å². The molecule has 0 atom stereocenters. The molecule has 5 nitrogen and oxygen atoms in total. The normalized spacial score (nSPS) is 18.9. The minimum absolute atomic E-state index is 0.208. The fraction of sp³-hybridized carbons (Fsp3) is 0.500. The largest absolute Gasteiger partial charge is 0.328 e. The van der Waals surface area contributed by atoms with Crippen LogP contribution < -0.4 is 10.6 Å². The molecular formula is C6H7ClN2O3. The number of barbiturate groups is 1. The molecule has 6 heteroatoms. The Morgan fingerprint density at radius 2 is 1.67 bits per heavy atom. The van der Waals surface area contributed by atoms with Gasteiger partial charge in [-0.2, -0.15) is 0 Å². The van der Waals surface area contributed by atoms with E-state index in [1.165, 1.54) is 0 Å². The SMILES string of the molecule is O=C1NC(=O)C(CCCl)C(=O)N1. The average Bonchev–Trinajstić information content (AvgIpc) is 1.96. The molecule has 0 aliphatic carbocycles. The van der Waals surface area contributed by atoms with E-state index in [1.54, 1.807) is 0 Å². The molecule has 4 amide bonds.